The van der Waals surface area contributed by atoms with E-state index in [9.17, 15) is 0 Å². The van der Waals surface area contributed by atoms with Gasteiger partial charge in [-0.3, -0.25) is 4.98 Å². The van der Waals surface area contributed by atoms with Crippen LogP contribution in [0.3, 0.4) is 0 Å². The quantitative estimate of drug-likeness (QED) is 0.943. The molecule has 0 unspecified atom stereocenters. The molecule has 2 N–H and O–H groups in total. The highest BCUT2D eigenvalue weighted by Gasteiger charge is 2.05. The number of hydrogen-bond acceptors (Lipinski definition) is 3. The molecule has 0 aliphatic rings. The monoisotopic (exact) mass is 306 g/mol. The fourth-order valence-corrected chi connectivity index (χ4v) is 2.00. The number of rotatable bonds is 4. The lowest BCUT2D eigenvalue weighted by Gasteiger charge is -2.11. The second-order valence-corrected chi connectivity index (χ2v) is 4.93. The van der Waals surface area contributed by atoms with Gasteiger partial charge in [0.1, 0.15) is 12.4 Å². The van der Waals surface area contributed by atoms with Crippen molar-refractivity contribution in [3.05, 3.63) is 57.8 Å². The summed E-state index contributed by atoms with van der Waals surface area (Å²) in [5.74, 6) is 0.859. The molecule has 4 heteroatoms. The van der Waals surface area contributed by atoms with Gasteiger partial charge >= 0.3 is 0 Å². The van der Waals surface area contributed by atoms with Gasteiger partial charge in [0, 0.05) is 17.2 Å². The molecule has 94 valence electrons. The molecule has 2 aromatic rings. The Bertz CT molecular complexity index is 543. The predicted octanol–water partition coefficient (Wildman–Crippen LogP) is 3.19. The fraction of sp³-hybridized carbons (Fsp3) is 0.214. The average Bonchev–Trinajstić information content (AvgIpc) is 2.40. The number of halogens is 1. The van der Waals surface area contributed by atoms with Crippen molar-refractivity contribution in [3.8, 4) is 5.75 Å². The summed E-state index contributed by atoms with van der Waals surface area (Å²) in [6.45, 7) is 2.93. The van der Waals surface area contributed by atoms with Crippen LogP contribution in [-0.4, -0.2) is 4.98 Å². The summed E-state index contributed by atoms with van der Waals surface area (Å²) in [4.78, 5) is 4.30. The summed E-state index contributed by atoms with van der Waals surface area (Å²) in [5, 5.41) is 0. The van der Waals surface area contributed by atoms with Gasteiger partial charge < -0.3 is 10.5 Å². The van der Waals surface area contributed by atoms with Crippen LogP contribution in [0, 0.1) is 6.92 Å². The lowest BCUT2D eigenvalue weighted by atomic mass is 10.2. The van der Waals surface area contributed by atoms with Crippen molar-refractivity contribution in [3.63, 3.8) is 0 Å². The van der Waals surface area contributed by atoms with Crippen molar-refractivity contribution < 1.29 is 4.74 Å². The highest BCUT2D eigenvalue weighted by Crippen LogP contribution is 2.23. The van der Waals surface area contributed by atoms with Gasteiger partial charge in [-0.1, -0.05) is 28.1 Å². The number of nitrogens with two attached hydrogens (primary N) is 1. The van der Waals surface area contributed by atoms with Gasteiger partial charge in [-0.15, -0.1) is 0 Å². The Kier molecular flexibility index (Phi) is 4.33. The van der Waals surface area contributed by atoms with E-state index in [-0.39, 0.29) is 0 Å². The first-order valence-electron chi connectivity index (χ1n) is 5.72. The van der Waals surface area contributed by atoms with E-state index in [4.69, 9.17) is 10.5 Å². The van der Waals surface area contributed by atoms with Crippen LogP contribution in [-0.2, 0) is 13.2 Å². The lowest BCUT2D eigenvalue weighted by Crippen LogP contribution is -2.07. The zero-order chi connectivity index (χ0) is 13.0. The third-order valence-corrected chi connectivity index (χ3v) is 3.21. The summed E-state index contributed by atoms with van der Waals surface area (Å²) < 4.78 is 6.80. The van der Waals surface area contributed by atoms with E-state index < -0.39 is 0 Å². The second-order valence-electron chi connectivity index (χ2n) is 4.01. The minimum Gasteiger partial charge on any atom is -0.487 e. The summed E-state index contributed by atoms with van der Waals surface area (Å²) in [7, 11) is 0. The molecular weight excluding hydrogens is 292 g/mol. The molecule has 0 fully saturated rings. The summed E-state index contributed by atoms with van der Waals surface area (Å²) in [6, 6.07) is 9.83. The number of aromatic nitrogens is 1. The van der Waals surface area contributed by atoms with Gasteiger partial charge in [-0.05, 0) is 36.2 Å². The summed E-state index contributed by atoms with van der Waals surface area (Å²) >= 11 is 3.44. The van der Waals surface area contributed by atoms with Crippen LogP contribution < -0.4 is 10.5 Å². The van der Waals surface area contributed by atoms with Crippen molar-refractivity contribution in [2.24, 2.45) is 5.73 Å². The molecule has 0 saturated carbocycles. The van der Waals surface area contributed by atoms with Gasteiger partial charge in [-0.25, -0.2) is 0 Å². The van der Waals surface area contributed by atoms with Crippen molar-refractivity contribution in [1.29, 1.82) is 0 Å². The van der Waals surface area contributed by atoms with E-state index >= 15 is 0 Å². The van der Waals surface area contributed by atoms with Gasteiger partial charge in [0.25, 0.3) is 0 Å². The molecule has 1 heterocycles. The van der Waals surface area contributed by atoms with Gasteiger partial charge in [0.05, 0.1) is 5.69 Å². The van der Waals surface area contributed by atoms with Gasteiger partial charge in [0.15, 0.2) is 0 Å². The summed E-state index contributed by atoms with van der Waals surface area (Å²) in [6.07, 6.45) is 1.76. The normalized spacial score (nSPS) is 10.4. The first kappa shape index (κ1) is 13.1. The number of ether oxygens (including phenoxy) is 1. The van der Waals surface area contributed by atoms with Crippen molar-refractivity contribution in [2.45, 2.75) is 20.1 Å². The number of hydrogen-bond donors (Lipinski definition) is 1. The number of pyridine rings is 1. The number of nitrogens with zero attached hydrogens (tertiary/aromatic N) is 1. The second kappa shape index (κ2) is 5.98. The standard InChI is InChI=1S/C14H15BrN2O/c1-10-4-5-12(15)7-14(10)18-9-13-11(8-16)3-2-6-17-13/h2-7H,8-9,16H2,1H3. The lowest BCUT2D eigenvalue weighted by molar-refractivity contribution is 0.297. The van der Waals surface area contributed by atoms with E-state index in [1.807, 2.05) is 37.3 Å². The third-order valence-electron chi connectivity index (χ3n) is 2.72. The van der Waals surface area contributed by atoms with E-state index in [1.54, 1.807) is 6.20 Å². The molecule has 0 radical (unpaired) electrons. The highest BCUT2D eigenvalue weighted by molar-refractivity contribution is 9.10. The zero-order valence-electron chi connectivity index (χ0n) is 10.2. The molecule has 0 aliphatic carbocycles. The van der Waals surface area contributed by atoms with Crippen LogP contribution in [0.25, 0.3) is 0 Å². The minimum absolute atomic E-state index is 0.435. The van der Waals surface area contributed by atoms with E-state index in [0.717, 1.165) is 27.0 Å². The van der Waals surface area contributed by atoms with Crippen LogP contribution in [0.1, 0.15) is 16.8 Å². The smallest absolute Gasteiger partial charge is 0.131 e. The maximum Gasteiger partial charge on any atom is 0.131 e. The van der Waals surface area contributed by atoms with Crippen molar-refractivity contribution in [2.75, 3.05) is 0 Å². The Hall–Kier alpha value is -1.39. The van der Waals surface area contributed by atoms with E-state index in [1.165, 1.54) is 0 Å². The summed E-state index contributed by atoms with van der Waals surface area (Å²) in [5.41, 5.74) is 8.68. The molecule has 0 bridgehead atoms. The van der Waals surface area contributed by atoms with Crippen LogP contribution in [0.2, 0.25) is 0 Å². The number of aryl methyl sites for hydroxylation is 1. The van der Waals surface area contributed by atoms with Gasteiger partial charge in [0.2, 0.25) is 0 Å². The molecule has 1 aromatic heterocycles. The molecule has 2 rings (SSSR count). The van der Waals surface area contributed by atoms with Gasteiger partial charge in [-0.2, -0.15) is 0 Å². The highest BCUT2D eigenvalue weighted by atomic mass is 79.9. The Balaban J connectivity index is 2.14. The molecular formula is C14H15BrN2O. The predicted molar refractivity (Wildman–Crippen MR) is 75.3 cm³/mol. The topological polar surface area (TPSA) is 48.1 Å². The molecule has 0 amide bonds. The van der Waals surface area contributed by atoms with Crippen LogP contribution in [0.4, 0.5) is 0 Å². The molecule has 3 nitrogen and oxygen atoms in total. The Morgan fingerprint density at radius 3 is 2.94 bits per heavy atom. The molecule has 18 heavy (non-hydrogen) atoms. The first-order chi connectivity index (χ1) is 8.70. The largest absolute Gasteiger partial charge is 0.487 e. The first-order valence-corrected chi connectivity index (χ1v) is 6.52. The Labute approximate surface area is 115 Å². The zero-order valence-corrected chi connectivity index (χ0v) is 11.8. The van der Waals surface area contributed by atoms with E-state index in [0.29, 0.717) is 13.2 Å². The molecule has 0 aliphatic heterocycles. The van der Waals surface area contributed by atoms with Crippen LogP contribution >= 0.6 is 15.9 Å². The van der Waals surface area contributed by atoms with Crippen LogP contribution in [0.5, 0.6) is 5.75 Å². The maximum atomic E-state index is 5.80. The molecule has 0 atom stereocenters. The maximum absolute atomic E-state index is 5.80. The molecule has 0 saturated heterocycles. The van der Waals surface area contributed by atoms with Crippen LogP contribution in [0.15, 0.2) is 41.0 Å². The average molecular weight is 307 g/mol. The van der Waals surface area contributed by atoms with E-state index in [2.05, 4.69) is 20.9 Å². The van der Waals surface area contributed by atoms with Crippen molar-refractivity contribution >= 4 is 15.9 Å². The number of benzene rings is 1. The van der Waals surface area contributed by atoms with Crippen molar-refractivity contribution in [1.82, 2.24) is 4.98 Å². The molecule has 0 spiro atoms. The minimum atomic E-state index is 0.435. The SMILES string of the molecule is Cc1ccc(Br)cc1OCc1ncccc1CN. The fourth-order valence-electron chi connectivity index (χ4n) is 1.66. The Morgan fingerprint density at radius 2 is 2.17 bits per heavy atom. The third kappa shape index (κ3) is 3.09. The Morgan fingerprint density at radius 1 is 1.33 bits per heavy atom. The molecule has 1 aromatic carbocycles.